The molecule has 4 N–H and O–H groups in total. The van der Waals surface area contributed by atoms with E-state index >= 15 is 0 Å². The highest BCUT2D eigenvalue weighted by atomic mass is 32.1. The van der Waals surface area contributed by atoms with E-state index in [-0.39, 0.29) is 30.7 Å². The molecular formula is C28H35N5O6S. The summed E-state index contributed by atoms with van der Waals surface area (Å²) in [7, 11) is 0. The van der Waals surface area contributed by atoms with Crippen LogP contribution < -0.4 is 25.8 Å². The van der Waals surface area contributed by atoms with Crippen LogP contribution in [0, 0.1) is 5.92 Å². The minimum atomic E-state index is -1.35. The maximum Gasteiger partial charge on any atom is 0.405 e. The van der Waals surface area contributed by atoms with Gasteiger partial charge in [0.05, 0.1) is 17.9 Å². The number of carbonyl (C=O) groups excluding carboxylic acids is 4. The van der Waals surface area contributed by atoms with Crippen LogP contribution in [0.2, 0.25) is 0 Å². The summed E-state index contributed by atoms with van der Waals surface area (Å²) in [5.74, 6) is -1.40. The zero-order valence-electron chi connectivity index (χ0n) is 22.8. The SMILES string of the molecule is CC(C)C[C@@H](NC(=O)[C@@H](C)NC(=O)O)C(=O)NC1Cc2cccc(N3CCCC3=O)c2N(Cc2ccsc2)C1=O. The number of carboxylic acid groups (broad SMARTS) is 1. The molecule has 2 aliphatic rings. The molecule has 2 aromatic rings. The third-order valence-electron chi connectivity index (χ3n) is 7.03. The first-order valence-electron chi connectivity index (χ1n) is 13.4. The Morgan fingerprint density at radius 2 is 1.88 bits per heavy atom. The molecule has 3 atom stereocenters. The lowest BCUT2D eigenvalue weighted by molar-refractivity contribution is -0.132. The van der Waals surface area contributed by atoms with Crippen molar-refractivity contribution in [3.63, 3.8) is 0 Å². The summed E-state index contributed by atoms with van der Waals surface area (Å²) in [5, 5.41) is 20.4. The molecule has 1 saturated heterocycles. The van der Waals surface area contributed by atoms with E-state index in [1.165, 1.54) is 18.3 Å². The minimum Gasteiger partial charge on any atom is -0.465 e. The van der Waals surface area contributed by atoms with Gasteiger partial charge in [-0.15, -0.1) is 0 Å². The highest BCUT2D eigenvalue weighted by molar-refractivity contribution is 7.07. The largest absolute Gasteiger partial charge is 0.465 e. The molecule has 0 radical (unpaired) electrons. The molecule has 12 heteroatoms. The van der Waals surface area contributed by atoms with Gasteiger partial charge < -0.3 is 30.9 Å². The molecule has 0 saturated carbocycles. The summed E-state index contributed by atoms with van der Waals surface area (Å²) < 4.78 is 0. The molecule has 0 bridgehead atoms. The van der Waals surface area contributed by atoms with Crippen LogP contribution in [0.25, 0.3) is 0 Å². The van der Waals surface area contributed by atoms with E-state index in [0.717, 1.165) is 17.5 Å². The second kappa shape index (κ2) is 12.5. The van der Waals surface area contributed by atoms with Crippen molar-refractivity contribution in [1.82, 2.24) is 16.0 Å². The molecule has 11 nitrogen and oxygen atoms in total. The van der Waals surface area contributed by atoms with Gasteiger partial charge in [0.1, 0.15) is 18.1 Å². The fourth-order valence-electron chi connectivity index (χ4n) is 5.14. The van der Waals surface area contributed by atoms with E-state index in [1.54, 1.807) is 9.80 Å². The number of thiophene rings is 1. The summed E-state index contributed by atoms with van der Waals surface area (Å²) in [6, 6.07) is 4.65. The highest BCUT2D eigenvalue weighted by Gasteiger charge is 2.39. The number of nitrogens with zero attached hydrogens (tertiary/aromatic N) is 2. The zero-order chi connectivity index (χ0) is 29.0. The quantitative estimate of drug-likeness (QED) is 0.346. The van der Waals surface area contributed by atoms with Crippen LogP contribution >= 0.6 is 11.3 Å². The Balaban J connectivity index is 1.61. The Morgan fingerprint density at radius 1 is 1.10 bits per heavy atom. The van der Waals surface area contributed by atoms with Crippen LogP contribution in [0.1, 0.15) is 51.2 Å². The lowest BCUT2D eigenvalue weighted by atomic mass is 9.94. The van der Waals surface area contributed by atoms with Crippen LogP contribution in [-0.4, -0.2) is 59.5 Å². The van der Waals surface area contributed by atoms with Crippen molar-refractivity contribution in [3.8, 4) is 0 Å². The first-order chi connectivity index (χ1) is 19.0. The maximum absolute atomic E-state index is 13.9. The fraction of sp³-hybridized carbons (Fsp3) is 0.464. The molecular weight excluding hydrogens is 534 g/mol. The van der Waals surface area contributed by atoms with Crippen LogP contribution in [0.3, 0.4) is 0 Å². The second-order valence-corrected chi connectivity index (χ2v) is 11.4. The van der Waals surface area contributed by atoms with Crippen molar-refractivity contribution in [2.45, 2.75) is 71.1 Å². The number of benzene rings is 1. The van der Waals surface area contributed by atoms with Crippen molar-refractivity contribution in [2.75, 3.05) is 16.3 Å². The van der Waals surface area contributed by atoms with Crippen LogP contribution in [-0.2, 0) is 32.1 Å². The average Bonchev–Trinajstić information content (AvgIpc) is 3.56. The van der Waals surface area contributed by atoms with Gasteiger partial charge in [0.2, 0.25) is 23.6 Å². The standard InChI is InChI=1S/C28H35N5O6S/c1-16(2)12-20(30-25(35)17(3)29-28(38)39)26(36)31-21-13-19-6-4-7-22(32-10-5-8-23(32)34)24(19)33(27(21)37)14-18-9-11-40-15-18/h4,6-7,9,11,15-17,20-21,29H,5,8,10,12-14H2,1-3H3,(H,30,35)(H,31,36)(H,38,39)/t17-,20-,21?/m1/s1. The highest BCUT2D eigenvalue weighted by Crippen LogP contribution is 2.40. The van der Waals surface area contributed by atoms with Crippen molar-refractivity contribution >= 4 is 52.4 Å². The molecule has 3 heterocycles. The molecule has 5 amide bonds. The van der Waals surface area contributed by atoms with E-state index in [0.29, 0.717) is 30.8 Å². The lowest BCUT2D eigenvalue weighted by Gasteiger charge is -2.37. The molecule has 2 aliphatic heterocycles. The Morgan fingerprint density at radius 3 is 2.50 bits per heavy atom. The average molecular weight is 570 g/mol. The van der Waals surface area contributed by atoms with Crippen LogP contribution in [0.15, 0.2) is 35.0 Å². The van der Waals surface area contributed by atoms with E-state index in [1.807, 2.05) is 48.9 Å². The summed E-state index contributed by atoms with van der Waals surface area (Å²) in [6.45, 7) is 6.06. The van der Waals surface area contributed by atoms with Gasteiger partial charge in [0, 0.05) is 19.4 Å². The van der Waals surface area contributed by atoms with Gasteiger partial charge in [-0.2, -0.15) is 11.3 Å². The molecule has 1 unspecified atom stereocenters. The van der Waals surface area contributed by atoms with Gasteiger partial charge >= 0.3 is 6.09 Å². The smallest absolute Gasteiger partial charge is 0.405 e. The topological polar surface area (TPSA) is 148 Å². The number of nitrogens with one attached hydrogen (secondary N) is 3. The number of anilines is 2. The lowest BCUT2D eigenvalue weighted by Crippen LogP contribution is -2.58. The summed E-state index contributed by atoms with van der Waals surface area (Å²) in [4.78, 5) is 66.9. The maximum atomic E-state index is 13.9. The van der Waals surface area contributed by atoms with Crippen LogP contribution in [0.5, 0.6) is 0 Å². The third kappa shape index (κ3) is 6.61. The Labute approximate surface area is 236 Å². The van der Waals surface area contributed by atoms with Gasteiger partial charge in [0.25, 0.3) is 0 Å². The molecule has 214 valence electrons. The number of hydrogen-bond donors (Lipinski definition) is 4. The zero-order valence-corrected chi connectivity index (χ0v) is 23.6. The summed E-state index contributed by atoms with van der Waals surface area (Å²) >= 11 is 1.52. The van der Waals surface area contributed by atoms with Crippen molar-refractivity contribution in [1.29, 1.82) is 0 Å². The Bertz CT molecular complexity index is 1280. The van der Waals surface area contributed by atoms with E-state index < -0.39 is 36.0 Å². The second-order valence-electron chi connectivity index (χ2n) is 10.6. The van der Waals surface area contributed by atoms with Gasteiger partial charge in [0.15, 0.2) is 0 Å². The number of carbonyl (C=O) groups is 5. The number of rotatable bonds is 10. The molecule has 1 fully saturated rings. The summed E-state index contributed by atoms with van der Waals surface area (Å²) in [5.41, 5.74) is 3.14. The predicted octanol–water partition coefficient (Wildman–Crippen LogP) is 2.64. The normalized spacial score (nSPS) is 18.4. The van der Waals surface area contributed by atoms with Crippen molar-refractivity contribution in [2.24, 2.45) is 5.92 Å². The van der Waals surface area contributed by atoms with E-state index in [2.05, 4.69) is 16.0 Å². The molecule has 4 rings (SSSR count). The monoisotopic (exact) mass is 569 g/mol. The first kappa shape index (κ1) is 29.1. The summed E-state index contributed by atoms with van der Waals surface area (Å²) in [6.07, 6.45) is 0.400. The number of para-hydroxylation sites is 1. The fourth-order valence-corrected chi connectivity index (χ4v) is 5.80. The number of fused-ring (bicyclic) bond motifs is 1. The van der Waals surface area contributed by atoms with Gasteiger partial charge in [-0.3, -0.25) is 19.2 Å². The first-order valence-corrected chi connectivity index (χ1v) is 14.3. The Kier molecular flexibility index (Phi) is 9.08. The van der Waals surface area contributed by atoms with E-state index in [4.69, 9.17) is 5.11 Å². The molecule has 1 aromatic heterocycles. The van der Waals surface area contributed by atoms with Crippen LogP contribution in [0.4, 0.5) is 16.2 Å². The number of amides is 5. The third-order valence-corrected chi connectivity index (χ3v) is 7.76. The Hall–Kier alpha value is -3.93. The van der Waals surface area contributed by atoms with E-state index in [9.17, 15) is 24.0 Å². The van der Waals surface area contributed by atoms with Crippen molar-refractivity contribution < 1.29 is 29.1 Å². The predicted molar refractivity (Wildman–Crippen MR) is 151 cm³/mol. The molecule has 40 heavy (non-hydrogen) atoms. The molecule has 0 spiro atoms. The molecule has 1 aromatic carbocycles. The molecule has 0 aliphatic carbocycles. The number of hydrogen-bond acceptors (Lipinski definition) is 6. The van der Waals surface area contributed by atoms with Crippen molar-refractivity contribution in [3.05, 3.63) is 46.2 Å². The van der Waals surface area contributed by atoms with Gasteiger partial charge in [-0.25, -0.2) is 4.79 Å². The minimum absolute atomic E-state index is 0.0191. The van der Waals surface area contributed by atoms with Gasteiger partial charge in [-0.05, 0) is 59.7 Å². The van der Waals surface area contributed by atoms with Gasteiger partial charge in [-0.1, -0.05) is 26.0 Å².